The van der Waals surface area contributed by atoms with Gasteiger partial charge in [-0.25, -0.2) is 17.9 Å². The van der Waals surface area contributed by atoms with Crippen LogP contribution in [0.5, 0.6) is 5.75 Å². The number of hydrogen-bond donors (Lipinski definition) is 2. The molecule has 0 saturated carbocycles. The molecule has 2 N–H and O–H groups in total. The molecule has 55 heavy (non-hydrogen) atoms. The fourth-order valence-electron chi connectivity index (χ4n) is 6.01. The maximum Gasteiger partial charge on any atom is 0.409 e. The van der Waals surface area contributed by atoms with Gasteiger partial charge in [-0.15, -0.1) is 11.8 Å². The van der Waals surface area contributed by atoms with Gasteiger partial charge in [-0.05, 0) is 78.9 Å². The Morgan fingerprint density at radius 3 is 2.35 bits per heavy atom. The van der Waals surface area contributed by atoms with Crippen LogP contribution in [-0.2, 0) is 21.2 Å². The molecule has 4 aromatic rings. The first-order chi connectivity index (χ1) is 26.4. The number of aryl methyl sites for hydroxylation is 1. The summed E-state index contributed by atoms with van der Waals surface area (Å²) in [5, 5.41) is 14.8. The van der Waals surface area contributed by atoms with E-state index in [4.69, 9.17) is 9.47 Å². The van der Waals surface area contributed by atoms with Crippen LogP contribution in [0.1, 0.15) is 36.2 Å². The van der Waals surface area contributed by atoms with E-state index < -0.39 is 31.4 Å². The van der Waals surface area contributed by atoms with Crippen LogP contribution in [-0.4, -0.2) is 93.9 Å². The fourth-order valence-corrected chi connectivity index (χ4v) is 7.79. The van der Waals surface area contributed by atoms with Gasteiger partial charge in [0.25, 0.3) is 21.6 Å². The minimum atomic E-state index is -4.42. The number of nitrogens with zero attached hydrogens (tertiary/aromatic N) is 3. The van der Waals surface area contributed by atoms with Crippen LogP contribution in [0.15, 0.2) is 101 Å². The molecule has 2 amide bonds. The number of carbonyl (C=O) groups excluding carboxylic acids is 2. The Morgan fingerprint density at radius 1 is 0.945 bits per heavy atom. The molecule has 1 heterocycles. The number of nitrogens with one attached hydrogen (secondary N) is 2. The molecule has 1 aliphatic heterocycles. The zero-order valence-corrected chi connectivity index (χ0v) is 32.9. The highest BCUT2D eigenvalue weighted by Gasteiger charge is 2.25. The zero-order valence-electron chi connectivity index (χ0n) is 31.2. The number of ether oxygens (including phenoxy) is 2. The van der Waals surface area contributed by atoms with Crippen molar-refractivity contribution in [1.29, 1.82) is 0 Å². The van der Waals surface area contributed by atoms with Crippen molar-refractivity contribution in [2.75, 3.05) is 64.1 Å². The Bertz CT molecular complexity index is 2040. The number of sulfonamides is 1. The number of hydrogen-bond acceptors (Lipinski definition) is 11. The first-order valence-electron chi connectivity index (χ1n) is 18.1. The highest BCUT2D eigenvalue weighted by atomic mass is 32.2. The molecule has 0 bridgehead atoms. The van der Waals surface area contributed by atoms with E-state index in [2.05, 4.69) is 10.2 Å². The Morgan fingerprint density at radius 2 is 1.67 bits per heavy atom. The third-order valence-corrected chi connectivity index (χ3v) is 11.3. The zero-order chi connectivity index (χ0) is 39.4. The maximum absolute atomic E-state index is 13.1. The number of benzene rings is 4. The Labute approximate surface area is 326 Å². The smallest absolute Gasteiger partial charge is 0.409 e. The topological polar surface area (TPSA) is 160 Å². The molecule has 5 rings (SSSR count). The van der Waals surface area contributed by atoms with Crippen LogP contribution in [0.4, 0.5) is 16.2 Å². The van der Waals surface area contributed by atoms with Gasteiger partial charge in [0.15, 0.2) is 0 Å². The van der Waals surface area contributed by atoms with E-state index in [1.807, 2.05) is 67.1 Å². The number of piperazine rings is 1. The third kappa shape index (κ3) is 11.7. The van der Waals surface area contributed by atoms with Crippen molar-refractivity contribution >= 4 is 45.2 Å². The third-order valence-electron chi connectivity index (χ3n) is 8.97. The van der Waals surface area contributed by atoms with Crippen molar-refractivity contribution in [2.24, 2.45) is 5.92 Å². The molecule has 1 fully saturated rings. The number of anilines is 1. The van der Waals surface area contributed by atoms with E-state index in [1.54, 1.807) is 35.9 Å². The molecule has 0 atom stereocenters. The molecule has 13 nitrogen and oxygen atoms in total. The summed E-state index contributed by atoms with van der Waals surface area (Å²) in [4.78, 5) is 41.2. The number of rotatable bonds is 17. The Balaban J connectivity index is 1.13. The van der Waals surface area contributed by atoms with Crippen molar-refractivity contribution in [3.8, 4) is 16.9 Å². The fraction of sp³-hybridized carbons (Fsp3) is 0.350. The predicted octanol–water partition coefficient (Wildman–Crippen LogP) is 6.94. The molecular formula is C40H47N5O8S2. The molecule has 0 aliphatic carbocycles. The van der Waals surface area contributed by atoms with Gasteiger partial charge >= 0.3 is 6.09 Å². The van der Waals surface area contributed by atoms with Gasteiger partial charge in [-0.3, -0.25) is 19.8 Å². The van der Waals surface area contributed by atoms with Crippen molar-refractivity contribution in [3.63, 3.8) is 0 Å². The average Bonchev–Trinajstić information content (AvgIpc) is 3.19. The SMILES string of the molecule is COc1cc(CCCN2CCN(C(=O)OCC(C)C)CC2)ccc1-c1ccc(C(=O)NS(=O)(=O)c2ccc(NCCSc3ccccc3)c([N+](=O)[O-])c2)cc1. The van der Waals surface area contributed by atoms with Gasteiger partial charge in [0.1, 0.15) is 11.4 Å². The van der Waals surface area contributed by atoms with Gasteiger partial charge in [-0.2, -0.15) is 0 Å². The van der Waals surface area contributed by atoms with Gasteiger partial charge in [0.2, 0.25) is 0 Å². The highest BCUT2D eigenvalue weighted by molar-refractivity contribution is 7.99. The molecule has 1 saturated heterocycles. The summed E-state index contributed by atoms with van der Waals surface area (Å²) in [5.41, 5.74) is 2.55. The summed E-state index contributed by atoms with van der Waals surface area (Å²) in [5.74, 6) is 0.737. The normalized spacial score (nSPS) is 13.3. The van der Waals surface area contributed by atoms with Crippen LogP contribution in [0.25, 0.3) is 11.1 Å². The van der Waals surface area contributed by atoms with Gasteiger partial charge in [-0.1, -0.05) is 56.3 Å². The summed E-state index contributed by atoms with van der Waals surface area (Å²) in [6, 6.07) is 25.6. The summed E-state index contributed by atoms with van der Waals surface area (Å²) in [7, 11) is -2.83. The molecule has 4 aromatic carbocycles. The molecule has 15 heteroatoms. The minimum Gasteiger partial charge on any atom is -0.496 e. The second-order valence-corrected chi connectivity index (χ2v) is 16.3. The van der Waals surface area contributed by atoms with Gasteiger partial charge in [0, 0.05) is 60.6 Å². The maximum atomic E-state index is 13.1. The van der Waals surface area contributed by atoms with Crippen LogP contribution in [0, 0.1) is 16.0 Å². The summed E-state index contributed by atoms with van der Waals surface area (Å²) < 4.78 is 39.4. The number of nitro benzene ring substituents is 1. The lowest BCUT2D eigenvalue weighted by molar-refractivity contribution is -0.384. The van der Waals surface area contributed by atoms with Crippen LogP contribution in [0.2, 0.25) is 0 Å². The minimum absolute atomic E-state index is 0.0971. The molecule has 292 valence electrons. The second kappa shape index (κ2) is 19.5. The number of nitro groups is 1. The molecule has 0 unspecified atom stereocenters. The summed E-state index contributed by atoms with van der Waals surface area (Å²) in [6.45, 7) is 8.71. The molecule has 0 radical (unpaired) electrons. The van der Waals surface area contributed by atoms with Crippen LogP contribution in [0.3, 0.4) is 0 Å². The van der Waals surface area contributed by atoms with Crippen molar-refractivity contribution < 1.29 is 32.4 Å². The van der Waals surface area contributed by atoms with Gasteiger partial charge in [0.05, 0.1) is 23.5 Å². The van der Waals surface area contributed by atoms with Crippen LogP contribution < -0.4 is 14.8 Å². The van der Waals surface area contributed by atoms with Crippen molar-refractivity contribution in [2.45, 2.75) is 36.5 Å². The lowest BCUT2D eigenvalue weighted by atomic mass is 9.99. The van der Waals surface area contributed by atoms with E-state index in [-0.39, 0.29) is 17.3 Å². The lowest BCUT2D eigenvalue weighted by Gasteiger charge is -2.34. The first-order valence-corrected chi connectivity index (χ1v) is 20.6. The quantitative estimate of drug-likeness (QED) is 0.0494. The van der Waals surface area contributed by atoms with E-state index in [0.29, 0.717) is 43.7 Å². The number of amides is 2. The van der Waals surface area contributed by atoms with E-state index in [9.17, 15) is 28.1 Å². The Kier molecular flexibility index (Phi) is 14.5. The predicted molar refractivity (Wildman–Crippen MR) is 214 cm³/mol. The molecule has 0 aromatic heterocycles. The Hall–Kier alpha value is -5.12. The monoisotopic (exact) mass is 789 g/mol. The molecular weight excluding hydrogens is 743 g/mol. The van der Waals surface area contributed by atoms with E-state index >= 15 is 0 Å². The number of thioether (sulfide) groups is 1. The molecule has 1 aliphatic rings. The number of carbonyl (C=O) groups is 2. The van der Waals surface area contributed by atoms with E-state index in [0.717, 1.165) is 60.1 Å². The summed E-state index contributed by atoms with van der Waals surface area (Å²) in [6.07, 6.45) is 1.55. The van der Waals surface area contributed by atoms with Crippen LogP contribution >= 0.6 is 11.8 Å². The standard InChI is InChI=1S/C40H47N5O8S2/c1-29(2)28-53-40(47)44-23-21-43(22-24-44)20-7-8-30-11-17-35(38(26-30)52-3)31-12-14-32(15-13-31)39(46)42-55(50,51)34-16-18-36(37(27-34)45(48)49)41-19-25-54-33-9-5-4-6-10-33/h4-6,9-18,26-27,29,41H,7-8,19-25,28H2,1-3H3,(H,42,46). The first kappa shape index (κ1) is 41.1. The van der Waals surface area contributed by atoms with E-state index in [1.165, 1.54) is 24.3 Å². The van der Waals surface area contributed by atoms with Gasteiger partial charge < -0.3 is 19.7 Å². The highest BCUT2D eigenvalue weighted by Crippen LogP contribution is 2.32. The van der Waals surface area contributed by atoms with Crippen molar-refractivity contribution in [1.82, 2.24) is 14.5 Å². The molecule has 0 spiro atoms. The largest absolute Gasteiger partial charge is 0.496 e. The van der Waals surface area contributed by atoms with Crippen molar-refractivity contribution in [3.05, 3.63) is 112 Å². The summed E-state index contributed by atoms with van der Waals surface area (Å²) >= 11 is 1.58. The number of methoxy groups -OCH3 is 1. The average molecular weight is 790 g/mol. The second-order valence-electron chi connectivity index (χ2n) is 13.5. The lowest BCUT2D eigenvalue weighted by Crippen LogP contribution is -2.49.